The number of amides is 1. The Morgan fingerprint density at radius 2 is 2.33 bits per heavy atom. The number of anilines is 1. The van der Waals surface area contributed by atoms with Crippen LogP contribution in [0.1, 0.15) is 31.9 Å². The van der Waals surface area contributed by atoms with Gasteiger partial charge in [0.05, 0.1) is 11.2 Å². The zero-order chi connectivity index (χ0) is 10.9. The molecule has 0 spiro atoms. The van der Waals surface area contributed by atoms with E-state index in [2.05, 4.69) is 15.6 Å². The van der Waals surface area contributed by atoms with Crippen molar-refractivity contribution in [3.63, 3.8) is 0 Å². The van der Waals surface area contributed by atoms with E-state index in [-0.39, 0.29) is 11.4 Å². The van der Waals surface area contributed by atoms with Crippen molar-refractivity contribution in [2.24, 2.45) is 0 Å². The van der Waals surface area contributed by atoms with E-state index in [9.17, 15) is 4.79 Å². The Morgan fingerprint density at radius 3 is 2.80 bits per heavy atom. The minimum Gasteiger partial charge on any atom is -0.309 e. The monoisotopic (exact) mass is 225 g/mol. The molecule has 1 saturated carbocycles. The molecule has 1 aliphatic carbocycles. The number of nitrogens with one attached hydrogen (secondary N) is 2. The van der Waals surface area contributed by atoms with Crippen molar-refractivity contribution >= 4 is 22.4 Å². The van der Waals surface area contributed by atoms with Crippen LogP contribution in [-0.2, 0) is 10.3 Å². The summed E-state index contributed by atoms with van der Waals surface area (Å²) in [6, 6.07) is 0. The molecule has 0 saturated heterocycles. The number of hydrogen-bond acceptors (Lipinski definition) is 4. The van der Waals surface area contributed by atoms with Gasteiger partial charge in [-0.2, -0.15) is 0 Å². The van der Waals surface area contributed by atoms with Crippen molar-refractivity contribution < 1.29 is 4.79 Å². The van der Waals surface area contributed by atoms with Crippen LogP contribution in [0.3, 0.4) is 0 Å². The highest BCUT2D eigenvalue weighted by Gasteiger charge is 2.39. The summed E-state index contributed by atoms with van der Waals surface area (Å²) in [4.78, 5) is 15.3. The minimum atomic E-state index is -0.0667. The lowest BCUT2D eigenvalue weighted by atomic mass is 9.75. The standard InChI is InChI=1S/C10H15N3OS/c1-7(14)12-9-13-8(6-15-9)10(11-2)4-3-5-10/h6,11H,3-5H2,1-2H3,(H,12,13,14). The van der Waals surface area contributed by atoms with Gasteiger partial charge in [-0.1, -0.05) is 0 Å². The molecular formula is C10H15N3OS. The lowest BCUT2D eigenvalue weighted by molar-refractivity contribution is -0.114. The third-order valence-corrected chi connectivity index (χ3v) is 3.72. The van der Waals surface area contributed by atoms with Gasteiger partial charge in [0.2, 0.25) is 5.91 Å². The molecule has 5 heteroatoms. The molecule has 0 unspecified atom stereocenters. The summed E-state index contributed by atoms with van der Waals surface area (Å²) < 4.78 is 0. The highest BCUT2D eigenvalue weighted by Crippen LogP contribution is 2.41. The van der Waals surface area contributed by atoms with Gasteiger partial charge >= 0.3 is 0 Å². The van der Waals surface area contributed by atoms with E-state index in [0.717, 1.165) is 18.5 Å². The van der Waals surface area contributed by atoms with E-state index in [1.54, 1.807) is 0 Å². The molecular weight excluding hydrogens is 210 g/mol. The van der Waals surface area contributed by atoms with Crippen molar-refractivity contribution in [2.45, 2.75) is 31.7 Å². The molecule has 0 atom stereocenters. The summed E-state index contributed by atoms with van der Waals surface area (Å²) >= 11 is 1.49. The Kier molecular flexibility index (Phi) is 2.75. The number of carbonyl (C=O) groups excluding carboxylic acids is 1. The highest BCUT2D eigenvalue weighted by molar-refractivity contribution is 7.13. The minimum absolute atomic E-state index is 0.0627. The van der Waals surface area contributed by atoms with Crippen LogP contribution >= 0.6 is 11.3 Å². The summed E-state index contributed by atoms with van der Waals surface area (Å²) in [5.74, 6) is -0.0667. The Labute approximate surface area is 93.1 Å². The maximum Gasteiger partial charge on any atom is 0.223 e. The maximum atomic E-state index is 10.9. The average Bonchev–Trinajstić information content (AvgIpc) is 2.51. The van der Waals surface area contributed by atoms with Crippen molar-refractivity contribution in [1.29, 1.82) is 0 Å². The normalized spacial score (nSPS) is 18.3. The molecule has 0 bridgehead atoms. The third kappa shape index (κ3) is 1.89. The molecule has 2 N–H and O–H groups in total. The second-order valence-corrected chi connectivity index (χ2v) is 4.76. The lowest BCUT2D eigenvalue weighted by Crippen LogP contribution is -2.46. The SMILES string of the molecule is CNC1(c2csc(NC(C)=O)n2)CCC1. The van der Waals surface area contributed by atoms with Gasteiger partial charge in [-0.25, -0.2) is 4.98 Å². The van der Waals surface area contributed by atoms with Gasteiger partial charge in [-0.15, -0.1) is 11.3 Å². The van der Waals surface area contributed by atoms with Gasteiger partial charge in [-0.3, -0.25) is 4.79 Å². The van der Waals surface area contributed by atoms with Crippen LogP contribution in [-0.4, -0.2) is 17.9 Å². The summed E-state index contributed by atoms with van der Waals surface area (Å²) in [6.45, 7) is 1.50. The molecule has 1 fully saturated rings. The molecule has 0 aromatic carbocycles. The fourth-order valence-corrected chi connectivity index (χ4v) is 2.72. The Bertz CT molecular complexity index is 365. The van der Waals surface area contributed by atoms with Crippen LogP contribution in [0.4, 0.5) is 5.13 Å². The molecule has 15 heavy (non-hydrogen) atoms. The molecule has 0 radical (unpaired) electrons. The first kappa shape index (κ1) is 10.6. The quantitative estimate of drug-likeness (QED) is 0.823. The molecule has 1 amide bonds. The van der Waals surface area contributed by atoms with Gasteiger partial charge in [0.1, 0.15) is 0 Å². The van der Waals surface area contributed by atoms with Crippen LogP contribution in [0, 0.1) is 0 Å². The van der Waals surface area contributed by atoms with Gasteiger partial charge in [0.15, 0.2) is 5.13 Å². The van der Waals surface area contributed by atoms with Gasteiger partial charge < -0.3 is 10.6 Å². The van der Waals surface area contributed by atoms with Crippen LogP contribution < -0.4 is 10.6 Å². The van der Waals surface area contributed by atoms with E-state index in [0.29, 0.717) is 5.13 Å². The van der Waals surface area contributed by atoms with E-state index in [4.69, 9.17) is 0 Å². The second-order valence-electron chi connectivity index (χ2n) is 3.90. The van der Waals surface area contributed by atoms with Crippen LogP contribution in [0.15, 0.2) is 5.38 Å². The highest BCUT2D eigenvalue weighted by atomic mass is 32.1. The number of thiazole rings is 1. The first-order valence-electron chi connectivity index (χ1n) is 5.09. The van der Waals surface area contributed by atoms with Gasteiger partial charge in [0.25, 0.3) is 0 Å². The number of hydrogen-bond donors (Lipinski definition) is 2. The fraction of sp³-hybridized carbons (Fsp3) is 0.600. The average molecular weight is 225 g/mol. The van der Waals surface area contributed by atoms with Crippen molar-refractivity contribution in [2.75, 3.05) is 12.4 Å². The van der Waals surface area contributed by atoms with Crippen molar-refractivity contribution in [3.05, 3.63) is 11.1 Å². The largest absolute Gasteiger partial charge is 0.309 e. The molecule has 0 aliphatic heterocycles. The van der Waals surface area contributed by atoms with Crippen molar-refractivity contribution in [3.8, 4) is 0 Å². The first-order chi connectivity index (χ1) is 7.16. The number of aromatic nitrogens is 1. The zero-order valence-corrected chi connectivity index (χ0v) is 9.78. The first-order valence-corrected chi connectivity index (χ1v) is 5.97. The summed E-state index contributed by atoms with van der Waals surface area (Å²) in [5.41, 5.74) is 1.12. The topological polar surface area (TPSA) is 54.0 Å². The predicted molar refractivity (Wildman–Crippen MR) is 61.0 cm³/mol. The Hall–Kier alpha value is -0.940. The summed E-state index contributed by atoms with van der Waals surface area (Å²) in [7, 11) is 1.97. The van der Waals surface area contributed by atoms with E-state index in [1.807, 2.05) is 12.4 Å². The number of nitrogens with zero attached hydrogens (tertiary/aromatic N) is 1. The zero-order valence-electron chi connectivity index (χ0n) is 8.96. The lowest BCUT2D eigenvalue weighted by Gasteiger charge is -2.40. The third-order valence-electron chi connectivity index (χ3n) is 2.96. The number of rotatable bonds is 3. The smallest absolute Gasteiger partial charge is 0.223 e. The summed E-state index contributed by atoms with van der Waals surface area (Å²) in [6.07, 6.45) is 3.51. The van der Waals surface area contributed by atoms with E-state index >= 15 is 0 Å². The molecule has 4 nitrogen and oxygen atoms in total. The predicted octanol–water partition coefficient (Wildman–Crippen LogP) is 1.70. The fourth-order valence-electron chi connectivity index (χ4n) is 1.87. The Morgan fingerprint density at radius 1 is 1.60 bits per heavy atom. The van der Waals surface area contributed by atoms with Gasteiger partial charge in [0, 0.05) is 12.3 Å². The molecule has 1 heterocycles. The molecule has 1 aliphatic rings. The van der Waals surface area contributed by atoms with Crippen LogP contribution in [0.2, 0.25) is 0 Å². The van der Waals surface area contributed by atoms with Crippen molar-refractivity contribution in [1.82, 2.24) is 10.3 Å². The van der Waals surface area contributed by atoms with E-state index < -0.39 is 0 Å². The maximum absolute atomic E-state index is 10.9. The molecule has 82 valence electrons. The summed E-state index contributed by atoms with van der Waals surface area (Å²) in [5, 5.41) is 8.76. The molecule has 2 rings (SSSR count). The van der Waals surface area contributed by atoms with E-state index in [1.165, 1.54) is 24.7 Å². The molecule has 1 aromatic rings. The van der Waals surface area contributed by atoms with Crippen LogP contribution in [0.5, 0.6) is 0 Å². The number of carbonyl (C=O) groups is 1. The Balaban J connectivity index is 2.15. The van der Waals surface area contributed by atoms with Crippen LogP contribution in [0.25, 0.3) is 0 Å². The second kappa shape index (κ2) is 3.90. The molecule has 1 aromatic heterocycles. The van der Waals surface area contributed by atoms with Gasteiger partial charge in [-0.05, 0) is 26.3 Å².